The average molecular weight is 271 g/mol. The van der Waals surface area contributed by atoms with Gasteiger partial charge in [0.25, 0.3) is 0 Å². The number of hydrogen-bond acceptors (Lipinski definition) is 3. The second-order valence-electron chi connectivity index (χ2n) is 2.91. The Kier molecular flexibility index (Phi) is 2.55. The van der Waals surface area contributed by atoms with E-state index in [0.29, 0.717) is 6.67 Å². The molecule has 6 nitrogen and oxygen atoms in total. The molecule has 0 aliphatic carbocycles. The van der Waals surface area contributed by atoms with Crippen molar-refractivity contribution in [2.75, 3.05) is 0 Å². The minimum Gasteiger partial charge on any atom is -0.478 e. The number of halogens is 1. The first kappa shape index (κ1) is 9.91. The molecule has 0 amide bonds. The Labute approximate surface area is 93.3 Å². The maximum absolute atomic E-state index is 10.6. The molecule has 0 saturated carbocycles. The predicted octanol–water partition coefficient (Wildman–Crippen LogP) is 1.05. The maximum Gasteiger partial charge on any atom is 0.338 e. The number of carbonyl (C=O) groups is 1. The zero-order valence-corrected chi connectivity index (χ0v) is 9.12. The molecule has 7 heteroatoms. The Hall–Kier alpha value is -1.63. The standard InChI is InChI=1S/C8H7BrN4O2/c9-7-2-11-13(4-7)5-12-3-6(1-10-12)8(14)15/h1-4H,5H2,(H,14,15). The van der Waals surface area contributed by atoms with E-state index in [0.717, 1.165) is 4.47 Å². The highest BCUT2D eigenvalue weighted by atomic mass is 79.9. The number of aromatic carboxylic acids is 1. The van der Waals surface area contributed by atoms with Crippen molar-refractivity contribution in [1.82, 2.24) is 19.6 Å². The van der Waals surface area contributed by atoms with Gasteiger partial charge < -0.3 is 5.11 Å². The van der Waals surface area contributed by atoms with Crippen LogP contribution in [0.25, 0.3) is 0 Å². The lowest BCUT2D eigenvalue weighted by molar-refractivity contribution is 0.0696. The highest BCUT2D eigenvalue weighted by Crippen LogP contribution is 2.06. The van der Waals surface area contributed by atoms with Crippen LogP contribution in [0.2, 0.25) is 0 Å². The van der Waals surface area contributed by atoms with Crippen LogP contribution in [0.1, 0.15) is 10.4 Å². The van der Waals surface area contributed by atoms with E-state index in [2.05, 4.69) is 26.1 Å². The van der Waals surface area contributed by atoms with E-state index in [1.165, 1.54) is 17.1 Å². The number of aromatic nitrogens is 4. The van der Waals surface area contributed by atoms with Crippen molar-refractivity contribution in [2.45, 2.75) is 6.67 Å². The van der Waals surface area contributed by atoms with Gasteiger partial charge in [0.05, 0.1) is 22.4 Å². The molecule has 0 atom stereocenters. The summed E-state index contributed by atoms with van der Waals surface area (Å²) in [5, 5.41) is 16.6. The molecular formula is C8H7BrN4O2. The van der Waals surface area contributed by atoms with Gasteiger partial charge >= 0.3 is 5.97 Å². The van der Waals surface area contributed by atoms with Gasteiger partial charge in [-0.1, -0.05) is 0 Å². The van der Waals surface area contributed by atoms with E-state index in [1.807, 2.05) is 0 Å². The van der Waals surface area contributed by atoms with Gasteiger partial charge in [-0.15, -0.1) is 0 Å². The number of nitrogens with zero attached hydrogens (tertiary/aromatic N) is 4. The van der Waals surface area contributed by atoms with Crippen LogP contribution >= 0.6 is 15.9 Å². The maximum atomic E-state index is 10.6. The fourth-order valence-electron chi connectivity index (χ4n) is 1.12. The SMILES string of the molecule is O=C(O)c1cnn(Cn2cc(Br)cn2)c1. The molecule has 2 aromatic rings. The van der Waals surface area contributed by atoms with Crippen LogP contribution in [-0.4, -0.2) is 30.6 Å². The Bertz CT molecular complexity index is 490. The minimum atomic E-state index is -0.983. The van der Waals surface area contributed by atoms with Gasteiger partial charge in [0.15, 0.2) is 0 Å². The summed E-state index contributed by atoms with van der Waals surface area (Å²) in [5.74, 6) is -0.983. The fraction of sp³-hybridized carbons (Fsp3) is 0.125. The van der Waals surface area contributed by atoms with E-state index in [4.69, 9.17) is 5.11 Å². The molecule has 0 spiro atoms. The van der Waals surface area contributed by atoms with Gasteiger partial charge in [-0.3, -0.25) is 4.68 Å². The van der Waals surface area contributed by atoms with E-state index < -0.39 is 5.97 Å². The van der Waals surface area contributed by atoms with Gasteiger partial charge in [0.2, 0.25) is 0 Å². The lowest BCUT2D eigenvalue weighted by Gasteiger charge is -1.99. The molecule has 78 valence electrons. The van der Waals surface area contributed by atoms with Gasteiger partial charge in [-0.25, -0.2) is 9.48 Å². The highest BCUT2D eigenvalue weighted by Gasteiger charge is 2.05. The first-order chi connectivity index (χ1) is 7.15. The number of carboxylic acids is 1. The molecule has 0 aliphatic heterocycles. The number of rotatable bonds is 3. The van der Waals surface area contributed by atoms with Crippen LogP contribution in [0, 0.1) is 0 Å². The molecule has 0 aliphatic rings. The molecule has 0 unspecified atom stereocenters. The summed E-state index contributed by atoms with van der Waals surface area (Å²) in [4.78, 5) is 10.6. The molecule has 0 radical (unpaired) electrons. The monoisotopic (exact) mass is 270 g/mol. The number of hydrogen-bond donors (Lipinski definition) is 1. The third-order valence-corrected chi connectivity index (χ3v) is 2.18. The molecule has 0 bridgehead atoms. The quantitative estimate of drug-likeness (QED) is 0.905. The largest absolute Gasteiger partial charge is 0.478 e. The fourth-order valence-corrected chi connectivity index (χ4v) is 1.44. The summed E-state index contributed by atoms with van der Waals surface area (Å²) in [7, 11) is 0. The van der Waals surface area contributed by atoms with Crippen molar-refractivity contribution < 1.29 is 9.90 Å². The molecule has 1 N–H and O–H groups in total. The van der Waals surface area contributed by atoms with E-state index >= 15 is 0 Å². The van der Waals surface area contributed by atoms with Crippen molar-refractivity contribution in [1.29, 1.82) is 0 Å². The van der Waals surface area contributed by atoms with Crippen molar-refractivity contribution in [3.8, 4) is 0 Å². The molecule has 2 rings (SSSR count). The van der Waals surface area contributed by atoms with Crippen LogP contribution in [-0.2, 0) is 6.67 Å². The third-order valence-electron chi connectivity index (χ3n) is 1.77. The molecule has 2 aromatic heterocycles. The molecular weight excluding hydrogens is 264 g/mol. The van der Waals surface area contributed by atoms with Crippen molar-refractivity contribution in [3.63, 3.8) is 0 Å². The Balaban J connectivity index is 2.14. The average Bonchev–Trinajstić information content (AvgIpc) is 2.76. The zero-order valence-electron chi connectivity index (χ0n) is 7.54. The normalized spacial score (nSPS) is 10.5. The third kappa shape index (κ3) is 2.24. The Morgan fingerprint density at radius 2 is 2.00 bits per heavy atom. The van der Waals surface area contributed by atoms with Crippen molar-refractivity contribution in [2.24, 2.45) is 0 Å². The molecule has 15 heavy (non-hydrogen) atoms. The van der Waals surface area contributed by atoms with Crippen LogP contribution in [0.15, 0.2) is 29.3 Å². The summed E-state index contributed by atoms with van der Waals surface area (Å²) in [6.45, 7) is 0.388. The van der Waals surface area contributed by atoms with Crippen LogP contribution in [0.5, 0.6) is 0 Å². The summed E-state index contributed by atoms with van der Waals surface area (Å²) in [6, 6.07) is 0. The summed E-state index contributed by atoms with van der Waals surface area (Å²) >= 11 is 3.27. The summed E-state index contributed by atoms with van der Waals surface area (Å²) in [6.07, 6.45) is 6.20. The van der Waals surface area contributed by atoms with Crippen molar-refractivity contribution >= 4 is 21.9 Å². The lowest BCUT2D eigenvalue weighted by atomic mass is 10.4. The van der Waals surface area contributed by atoms with Crippen molar-refractivity contribution in [3.05, 3.63) is 34.8 Å². The minimum absolute atomic E-state index is 0.168. The molecule has 0 saturated heterocycles. The Morgan fingerprint density at radius 3 is 2.53 bits per heavy atom. The summed E-state index contributed by atoms with van der Waals surface area (Å²) < 4.78 is 4.01. The van der Waals surface area contributed by atoms with E-state index in [1.54, 1.807) is 17.1 Å². The topological polar surface area (TPSA) is 72.9 Å². The number of carboxylic acid groups (broad SMARTS) is 1. The lowest BCUT2D eigenvalue weighted by Crippen LogP contribution is -2.08. The predicted molar refractivity (Wildman–Crippen MR) is 54.5 cm³/mol. The van der Waals surface area contributed by atoms with Gasteiger partial charge in [0.1, 0.15) is 6.67 Å². The van der Waals surface area contributed by atoms with Crippen LogP contribution in [0.4, 0.5) is 0 Å². The molecule has 0 fully saturated rings. The summed E-state index contributed by atoms with van der Waals surface area (Å²) in [5.41, 5.74) is 0.168. The van der Waals surface area contributed by atoms with Gasteiger partial charge in [-0.2, -0.15) is 10.2 Å². The Morgan fingerprint density at radius 1 is 1.33 bits per heavy atom. The highest BCUT2D eigenvalue weighted by molar-refractivity contribution is 9.10. The van der Waals surface area contributed by atoms with E-state index in [9.17, 15) is 4.79 Å². The van der Waals surface area contributed by atoms with Gasteiger partial charge in [0, 0.05) is 12.4 Å². The van der Waals surface area contributed by atoms with Gasteiger partial charge in [-0.05, 0) is 15.9 Å². The first-order valence-electron chi connectivity index (χ1n) is 4.09. The van der Waals surface area contributed by atoms with Crippen LogP contribution in [0.3, 0.4) is 0 Å². The second kappa shape index (κ2) is 3.85. The molecule has 0 aromatic carbocycles. The van der Waals surface area contributed by atoms with Crippen LogP contribution < -0.4 is 0 Å². The second-order valence-corrected chi connectivity index (χ2v) is 3.83. The first-order valence-corrected chi connectivity index (χ1v) is 4.88. The molecule has 2 heterocycles. The van der Waals surface area contributed by atoms with E-state index in [-0.39, 0.29) is 5.56 Å². The smallest absolute Gasteiger partial charge is 0.338 e. The zero-order chi connectivity index (χ0) is 10.8.